The molecular formula is C19H17N5O3S2. The number of hydrogen-bond acceptors (Lipinski definition) is 7. The number of benzene rings is 2. The van der Waals surface area contributed by atoms with E-state index in [4.69, 9.17) is 10.3 Å². The van der Waals surface area contributed by atoms with E-state index < -0.39 is 10.1 Å². The topological polar surface area (TPSA) is 134 Å². The van der Waals surface area contributed by atoms with Gasteiger partial charge in [0, 0.05) is 6.42 Å². The zero-order chi connectivity index (χ0) is 21.0. The maximum absolute atomic E-state index is 11.2. The molecule has 0 aliphatic carbocycles. The van der Waals surface area contributed by atoms with Gasteiger partial charge in [0.05, 0.1) is 16.3 Å². The van der Waals surface area contributed by atoms with Crippen molar-refractivity contribution in [2.75, 3.05) is 5.73 Å². The lowest BCUT2D eigenvalue weighted by Gasteiger charge is -2.08. The summed E-state index contributed by atoms with van der Waals surface area (Å²) >= 11 is 1.16. The number of aliphatic imine (C=N–C) groups is 1. The summed E-state index contributed by atoms with van der Waals surface area (Å²) in [6.07, 6.45) is 0.480. The number of para-hydroxylation sites is 1. The quantitative estimate of drug-likeness (QED) is 0.373. The number of nitrogens with zero attached hydrogens (tertiary/aromatic N) is 4. The van der Waals surface area contributed by atoms with Crippen LogP contribution in [0.3, 0.4) is 0 Å². The molecular weight excluding hydrogens is 410 g/mol. The number of anilines is 1. The van der Waals surface area contributed by atoms with Crippen LogP contribution in [0.1, 0.15) is 18.2 Å². The van der Waals surface area contributed by atoms with Crippen LogP contribution in [0.15, 0.2) is 69.5 Å². The van der Waals surface area contributed by atoms with E-state index in [1.807, 2.05) is 37.3 Å². The zero-order valence-electron chi connectivity index (χ0n) is 15.3. The van der Waals surface area contributed by atoms with Crippen molar-refractivity contribution in [2.24, 2.45) is 9.98 Å². The van der Waals surface area contributed by atoms with E-state index in [1.54, 1.807) is 4.57 Å². The first-order chi connectivity index (χ1) is 13.8. The molecule has 0 spiro atoms. The zero-order valence-corrected chi connectivity index (χ0v) is 17.0. The molecule has 0 radical (unpaired) electrons. The molecule has 29 heavy (non-hydrogen) atoms. The summed E-state index contributed by atoms with van der Waals surface area (Å²) in [6.45, 7) is 1.88. The third-order valence-corrected chi connectivity index (χ3v) is 5.74. The fourth-order valence-electron chi connectivity index (χ4n) is 2.54. The van der Waals surface area contributed by atoms with Crippen LogP contribution in [0.2, 0.25) is 0 Å². The van der Waals surface area contributed by atoms with Crippen molar-refractivity contribution in [3.63, 3.8) is 0 Å². The van der Waals surface area contributed by atoms with E-state index in [1.165, 1.54) is 24.3 Å². The molecule has 0 aliphatic rings. The lowest BCUT2D eigenvalue weighted by molar-refractivity contribution is 0.483. The Bertz CT molecular complexity index is 1270. The number of aromatic nitrogens is 1. The molecule has 0 fully saturated rings. The number of nitrogens with two attached hydrogens (primary N) is 1. The molecule has 0 amide bonds. The van der Waals surface area contributed by atoms with Gasteiger partial charge in [-0.05, 0) is 36.4 Å². The van der Waals surface area contributed by atoms with Crippen molar-refractivity contribution in [3.05, 3.63) is 64.3 Å². The smallest absolute Gasteiger partial charge is 0.294 e. The molecule has 0 unspecified atom stereocenters. The standard InChI is InChI=1S/C19H17N5O3S2/c1-2-17(22-14-8-10-15(11-9-14)29(25,26)27)24-18(21)16(12-20)28-19(24)23-13-6-4-3-5-7-13/h3-11H,2,21H2,1H3,(H,25,26,27). The summed E-state index contributed by atoms with van der Waals surface area (Å²) in [5.41, 5.74) is 7.35. The third kappa shape index (κ3) is 4.60. The normalized spacial score (nSPS) is 12.7. The molecule has 3 rings (SSSR count). The Labute approximate surface area is 171 Å². The van der Waals surface area contributed by atoms with Crippen LogP contribution in [0.4, 0.5) is 17.2 Å². The van der Waals surface area contributed by atoms with Gasteiger partial charge in [-0.15, -0.1) is 0 Å². The SMILES string of the molecule is CCC(=Nc1ccc(S(=O)(=O)O)cc1)n1c(N)c(C#N)sc1=Nc1ccccc1. The summed E-state index contributed by atoms with van der Waals surface area (Å²) in [5.74, 6) is 0.775. The van der Waals surface area contributed by atoms with Gasteiger partial charge in [0.25, 0.3) is 10.1 Å². The highest BCUT2D eigenvalue weighted by Gasteiger charge is 2.15. The van der Waals surface area contributed by atoms with E-state index in [0.29, 0.717) is 33.3 Å². The molecule has 2 aromatic carbocycles. The summed E-state index contributed by atoms with van der Waals surface area (Å²) in [5, 5.41) is 9.38. The third-order valence-electron chi connectivity index (χ3n) is 3.91. The van der Waals surface area contributed by atoms with Crippen LogP contribution in [-0.2, 0) is 10.1 Å². The van der Waals surface area contributed by atoms with Crippen LogP contribution in [0.25, 0.3) is 0 Å². The van der Waals surface area contributed by atoms with Gasteiger partial charge in [-0.25, -0.2) is 9.98 Å². The van der Waals surface area contributed by atoms with Gasteiger partial charge in [-0.3, -0.25) is 9.12 Å². The average molecular weight is 428 g/mol. The molecule has 3 aromatic rings. The molecule has 0 aliphatic heterocycles. The first-order valence-electron chi connectivity index (χ1n) is 8.50. The molecule has 0 saturated heterocycles. The van der Waals surface area contributed by atoms with Crippen LogP contribution in [-0.4, -0.2) is 23.4 Å². The van der Waals surface area contributed by atoms with Gasteiger partial charge in [0.15, 0.2) is 4.80 Å². The number of hydrogen-bond donors (Lipinski definition) is 2. The first kappa shape index (κ1) is 20.5. The minimum absolute atomic E-state index is 0.219. The first-order valence-corrected chi connectivity index (χ1v) is 10.8. The fraction of sp³-hybridized carbons (Fsp3) is 0.105. The molecule has 0 saturated carbocycles. The molecule has 3 N–H and O–H groups in total. The molecule has 8 nitrogen and oxygen atoms in total. The summed E-state index contributed by atoms with van der Waals surface area (Å²) in [6, 6.07) is 16.8. The summed E-state index contributed by atoms with van der Waals surface area (Å²) < 4.78 is 33.1. The molecule has 1 heterocycles. The Morgan fingerprint density at radius 2 is 1.83 bits per heavy atom. The number of nitrogen functional groups attached to an aromatic ring is 1. The Balaban J connectivity index is 2.15. The van der Waals surface area contributed by atoms with E-state index in [2.05, 4.69) is 16.1 Å². The Kier molecular flexibility index (Phi) is 5.93. The van der Waals surface area contributed by atoms with Crippen molar-refractivity contribution in [1.29, 1.82) is 5.26 Å². The molecule has 1 aromatic heterocycles. The molecule has 148 valence electrons. The van der Waals surface area contributed by atoms with E-state index in [-0.39, 0.29) is 10.7 Å². The minimum Gasteiger partial charge on any atom is -0.383 e. The number of nitriles is 1. The van der Waals surface area contributed by atoms with Crippen LogP contribution >= 0.6 is 11.3 Å². The maximum Gasteiger partial charge on any atom is 0.294 e. The predicted molar refractivity (Wildman–Crippen MR) is 112 cm³/mol. The van der Waals surface area contributed by atoms with Crippen molar-refractivity contribution < 1.29 is 13.0 Å². The largest absolute Gasteiger partial charge is 0.383 e. The molecule has 0 bridgehead atoms. The van der Waals surface area contributed by atoms with E-state index >= 15 is 0 Å². The van der Waals surface area contributed by atoms with Gasteiger partial charge >= 0.3 is 0 Å². The Morgan fingerprint density at radius 1 is 1.17 bits per heavy atom. The highest BCUT2D eigenvalue weighted by atomic mass is 32.2. The second-order valence-electron chi connectivity index (χ2n) is 5.84. The van der Waals surface area contributed by atoms with Crippen molar-refractivity contribution in [3.8, 4) is 6.07 Å². The minimum atomic E-state index is -4.28. The highest BCUT2D eigenvalue weighted by Crippen LogP contribution is 2.20. The van der Waals surface area contributed by atoms with Crippen molar-refractivity contribution >= 4 is 44.5 Å². The van der Waals surface area contributed by atoms with Gasteiger partial charge < -0.3 is 5.73 Å². The second-order valence-corrected chi connectivity index (χ2v) is 8.24. The number of thiazole rings is 1. The van der Waals surface area contributed by atoms with Crippen molar-refractivity contribution in [2.45, 2.75) is 18.2 Å². The van der Waals surface area contributed by atoms with E-state index in [0.717, 1.165) is 11.3 Å². The maximum atomic E-state index is 11.2. The average Bonchev–Trinajstić information content (AvgIpc) is 3.01. The Morgan fingerprint density at radius 3 is 2.38 bits per heavy atom. The summed E-state index contributed by atoms with van der Waals surface area (Å²) in [4.78, 5) is 9.73. The van der Waals surface area contributed by atoms with Gasteiger partial charge in [-0.1, -0.05) is 36.5 Å². The number of rotatable bonds is 4. The lowest BCUT2D eigenvalue weighted by Crippen LogP contribution is -2.24. The van der Waals surface area contributed by atoms with Gasteiger partial charge in [0.1, 0.15) is 22.6 Å². The lowest BCUT2D eigenvalue weighted by atomic mass is 10.3. The van der Waals surface area contributed by atoms with Gasteiger partial charge in [0.2, 0.25) is 0 Å². The monoisotopic (exact) mass is 427 g/mol. The highest BCUT2D eigenvalue weighted by molar-refractivity contribution is 7.85. The van der Waals surface area contributed by atoms with Crippen molar-refractivity contribution in [1.82, 2.24) is 4.57 Å². The van der Waals surface area contributed by atoms with Crippen LogP contribution in [0.5, 0.6) is 0 Å². The van der Waals surface area contributed by atoms with E-state index in [9.17, 15) is 13.7 Å². The predicted octanol–water partition coefficient (Wildman–Crippen LogP) is 3.47. The summed E-state index contributed by atoms with van der Waals surface area (Å²) in [7, 11) is -4.28. The fourth-order valence-corrected chi connectivity index (χ4v) is 3.89. The second kappa shape index (κ2) is 8.40. The Hall–Kier alpha value is -3.26. The van der Waals surface area contributed by atoms with Crippen LogP contribution in [0, 0.1) is 11.3 Å². The van der Waals surface area contributed by atoms with Gasteiger partial charge in [-0.2, -0.15) is 13.7 Å². The van der Waals surface area contributed by atoms with Crippen LogP contribution < -0.4 is 10.5 Å². The molecule has 0 atom stereocenters. The molecule has 10 heteroatoms.